The van der Waals surface area contributed by atoms with Crippen molar-refractivity contribution in [2.24, 2.45) is 0 Å². The second-order valence-electron chi connectivity index (χ2n) is 1.87. The molecular weight excluding hydrogens is 88.1 g/mol. The van der Waals surface area contributed by atoms with Crippen molar-refractivity contribution >= 4 is 0 Å². The predicted octanol–water partition coefficient (Wildman–Crippen LogP) is -0.317. The number of rotatable bonds is 0. The molecule has 0 spiro atoms. The van der Waals surface area contributed by atoms with E-state index in [-0.39, 0.29) is 0 Å². The number of nitrogens with one attached hydrogen (secondary N) is 1. The van der Waals surface area contributed by atoms with Crippen molar-refractivity contribution < 1.29 is 0 Å². The topological polar surface area (TPSA) is 15.3 Å². The standard InChI is InChI=1S/C5H11N2/c1-7-4-2-6-3-5-7/h6H,1-5H2. The van der Waals surface area contributed by atoms with Crippen LogP contribution >= 0.6 is 0 Å². The van der Waals surface area contributed by atoms with Crippen molar-refractivity contribution in [3.63, 3.8) is 0 Å². The van der Waals surface area contributed by atoms with Crippen LogP contribution in [0.1, 0.15) is 0 Å². The summed E-state index contributed by atoms with van der Waals surface area (Å²) >= 11 is 0. The van der Waals surface area contributed by atoms with Gasteiger partial charge in [0.15, 0.2) is 0 Å². The summed E-state index contributed by atoms with van der Waals surface area (Å²) < 4.78 is 0. The van der Waals surface area contributed by atoms with Crippen molar-refractivity contribution in [3.05, 3.63) is 7.05 Å². The molecule has 2 heteroatoms. The Labute approximate surface area is 44.5 Å². The Morgan fingerprint density at radius 3 is 2.14 bits per heavy atom. The van der Waals surface area contributed by atoms with Gasteiger partial charge < -0.3 is 5.32 Å². The second kappa shape index (κ2) is 2.28. The van der Waals surface area contributed by atoms with E-state index in [1.807, 2.05) is 0 Å². The molecule has 7 heavy (non-hydrogen) atoms. The van der Waals surface area contributed by atoms with Gasteiger partial charge in [0.1, 0.15) is 0 Å². The van der Waals surface area contributed by atoms with E-state index in [4.69, 9.17) is 0 Å². The highest BCUT2D eigenvalue weighted by molar-refractivity contribution is 4.64. The third-order valence-corrected chi connectivity index (χ3v) is 1.21. The molecule has 1 saturated heterocycles. The van der Waals surface area contributed by atoms with Gasteiger partial charge in [0, 0.05) is 33.2 Å². The molecule has 0 amide bonds. The van der Waals surface area contributed by atoms with Crippen LogP contribution in [0.25, 0.3) is 0 Å². The smallest absolute Gasteiger partial charge is 0.0110 e. The van der Waals surface area contributed by atoms with Crippen LogP contribution in [-0.4, -0.2) is 31.1 Å². The zero-order valence-electron chi connectivity index (χ0n) is 4.48. The van der Waals surface area contributed by atoms with E-state index in [2.05, 4.69) is 17.3 Å². The Bertz CT molecular complexity index is 48.0. The molecule has 1 rings (SSSR count). The van der Waals surface area contributed by atoms with Crippen molar-refractivity contribution in [3.8, 4) is 0 Å². The number of hydrogen-bond donors (Lipinski definition) is 1. The van der Waals surface area contributed by atoms with Crippen molar-refractivity contribution in [2.75, 3.05) is 26.2 Å². The van der Waals surface area contributed by atoms with E-state index in [0.717, 1.165) is 26.2 Å². The third kappa shape index (κ3) is 1.45. The van der Waals surface area contributed by atoms with Crippen LogP contribution in [0.5, 0.6) is 0 Å². The fraction of sp³-hybridized carbons (Fsp3) is 0.800. The molecule has 1 aliphatic heterocycles. The lowest BCUT2D eigenvalue weighted by Crippen LogP contribution is -2.39. The van der Waals surface area contributed by atoms with Crippen LogP contribution in [0.3, 0.4) is 0 Å². The summed E-state index contributed by atoms with van der Waals surface area (Å²) in [6.07, 6.45) is 0. The lowest BCUT2D eigenvalue weighted by molar-refractivity contribution is 0.320. The molecular formula is C5H11N2. The van der Waals surface area contributed by atoms with E-state index < -0.39 is 0 Å². The van der Waals surface area contributed by atoms with Gasteiger partial charge in [0.05, 0.1) is 0 Å². The molecule has 41 valence electrons. The second-order valence-corrected chi connectivity index (χ2v) is 1.87. The van der Waals surface area contributed by atoms with Crippen molar-refractivity contribution in [1.29, 1.82) is 0 Å². The molecule has 1 aliphatic rings. The largest absolute Gasteiger partial charge is 0.314 e. The monoisotopic (exact) mass is 99.1 g/mol. The average molecular weight is 99.2 g/mol. The van der Waals surface area contributed by atoms with E-state index in [9.17, 15) is 0 Å². The van der Waals surface area contributed by atoms with E-state index >= 15 is 0 Å². The highest BCUT2D eigenvalue weighted by atomic mass is 15.2. The van der Waals surface area contributed by atoms with Crippen LogP contribution < -0.4 is 5.32 Å². The minimum absolute atomic E-state index is 1.10. The summed E-state index contributed by atoms with van der Waals surface area (Å²) in [5.74, 6) is 0. The normalized spacial score (nSPS) is 25.3. The minimum Gasteiger partial charge on any atom is -0.314 e. The van der Waals surface area contributed by atoms with Gasteiger partial charge in [-0.05, 0) is 0 Å². The molecule has 0 aromatic carbocycles. The van der Waals surface area contributed by atoms with Crippen LogP contribution in [0.4, 0.5) is 0 Å². The number of piperazine rings is 1. The van der Waals surface area contributed by atoms with E-state index in [1.165, 1.54) is 0 Å². The molecule has 1 radical (unpaired) electrons. The molecule has 0 bridgehead atoms. The minimum atomic E-state index is 1.10. The Morgan fingerprint density at radius 1 is 1.29 bits per heavy atom. The predicted molar refractivity (Wildman–Crippen MR) is 29.8 cm³/mol. The Balaban J connectivity index is 2.12. The lowest BCUT2D eigenvalue weighted by atomic mass is 10.4. The van der Waals surface area contributed by atoms with Gasteiger partial charge in [0.2, 0.25) is 0 Å². The Hall–Kier alpha value is -0.0800. The van der Waals surface area contributed by atoms with Crippen LogP contribution in [0.15, 0.2) is 0 Å². The molecule has 1 heterocycles. The maximum atomic E-state index is 3.79. The zero-order valence-corrected chi connectivity index (χ0v) is 4.48. The first-order chi connectivity index (χ1) is 3.39. The quantitative estimate of drug-likeness (QED) is 0.448. The van der Waals surface area contributed by atoms with Crippen LogP contribution in [0.2, 0.25) is 0 Å². The maximum Gasteiger partial charge on any atom is 0.0110 e. The van der Waals surface area contributed by atoms with Crippen LogP contribution in [-0.2, 0) is 0 Å². The van der Waals surface area contributed by atoms with E-state index in [1.54, 1.807) is 0 Å². The molecule has 1 fully saturated rings. The maximum absolute atomic E-state index is 3.79. The van der Waals surface area contributed by atoms with Crippen LogP contribution in [0, 0.1) is 7.05 Å². The third-order valence-electron chi connectivity index (χ3n) is 1.21. The van der Waals surface area contributed by atoms with Gasteiger partial charge in [-0.1, -0.05) is 0 Å². The summed E-state index contributed by atoms with van der Waals surface area (Å²) in [5, 5.41) is 3.23. The highest BCUT2D eigenvalue weighted by Gasteiger charge is 2.01. The Morgan fingerprint density at radius 2 is 1.86 bits per heavy atom. The van der Waals surface area contributed by atoms with E-state index in [0.29, 0.717) is 0 Å². The van der Waals surface area contributed by atoms with Gasteiger partial charge in [-0.25, -0.2) is 0 Å². The van der Waals surface area contributed by atoms with Gasteiger partial charge in [-0.2, -0.15) is 0 Å². The highest BCUT2D eigenvalue weighted by Crippen LogP contribution is 1.85. The fourth-order valence-corrected chi connectivity index (χ4v) is 0.711. The lowest BCUT2D eigenvalue weighted by Gasteiger charge is -2.21. The van der Waals surface area contributed by atoms with Gasteiger partial charge >= 0.3 is 0 Å². The molecule has 0 unspecified atom stereocenters. The molecule has 0 aliphatic carbocycles. The van der Waals surface area contributed by atoms with Gasteiger partial charge in [-0.15, -0.1) is 0 Å². The fourth-order valence-electron chi connectivity index (χ4n) is 0.711. The molecule has 0 aromatic rings. The molecule has 1 N–H and O–H groups in total. The summed E-state index contributed by atoms with van der Waals surface area (Å²) in [4.78, 5) is 2.08. The zero-order chi connectivity index (χ0) is 5.11. The molecule has 0 aromatic heterocycles. The summed E-state index contributed by atoms with van der Waals surface area (Å²) in [5.41, 5.74) is 0. The van der Waals surface area contributed by atoms with Crippen molar-refractivity contribution in [2.45, 2.75) is 0 Å². The van der Waals surface area contributed by atoms with Gasteiger partial charge in [-0.3, -0.25) is 4.90 Å². The molecule has 0 atom stereocenters. The Kier molecular flexibility index (Phi) is 1.65. The number of hydrogen-bond acceptors (Lipinski definition) is 2. The first kappa shape index (κ1) is 5.06. The summed E-state index contributed by atoms with van der Waals surface area (Å²) in [6.45, 7) is 4.40. The van der Waals surface area contributed by atoms with Crippen molar-refractivity contribution in [1.82, 2.24) is 10.2 Å². The first-order valence-corrected chi connectivity index (χ1v) is 2.66. The summed E-state index contributed by atoms with van der Waals surface area (Å²) in [6, 6.07) is 0. The average Bonchev–Trinajstić information content (AvgIpc) is 1.69. The SMILES string of the molecule is [CH2]N1CCNCC1. The summed E-state index contributed by atoms with van der Waals surface area (Å²) in [7, 11) is 3.79. The van der Waals surface area contributed by atoms with Gasteiger partial charge in [0.25, 0.3) is 0 Å². The first-order valence-electron chi connectivity index (χ1n) is 2.66. The molecule has 2 nitrogen and oxygen atoms in total. The molecule has 0 saturated carbocycles. The number of nitrogens with zero attached hydrogens (tertiary/aromatic N) is 1.